The summed E-state index contributed by atoms with van der Waals surface area (Å²) < 4.78 is 1.98. The molecule has 0 saturated heterocycles. The number of hydrogen-bond acceptors (Lipinski definition) is 2. The molecule has 0 amide bonds. The zero-order valence-corrected chi connectivity index (χ0v) is 8.67. The Hall–Kier alpha value is -2.34. The van der Waals surface area contributed by atoms with Crippen LogP contribution in [0.3, 0.4) is 0 Å². The van der Waals surface area contributed by atoms with E-state index in [0.29, 0.717) is 5.56 Å². The van der Waals surface area contributed by atoms with Crippen LogP contribution in [0.4, 0.5) is 0 Å². The third-order valence-corrected chi connectivity index (χ3v) is 2.32. The van der Waals surface area contributed by atoms with E-state index in [9.17, 15) is 0 Å². The fourth-order valence-corrected chi connectivity index (χ4v) is 1.45. The van der Waals surface area contributed by atoms with Crippen molar-refractivity contribution in [2.45, 2.75) is 6.54 Å². The average Bonchev–Trinajstić information content (AvgIpc) is 2.33. The molecule has 3 heteroatoms. The van der Waals surface area contributed by atoms with Gasteiger partial charge in [-0.15, -0.1) is 0 Å². The van der Waals surface area contributed by atoms with Gasteiger partial charge in [0, 0.05) is 17.7 Å². The van der Waals surface area contributed by atoms with Crippen LogP contribution in [0, 0.1) is 11.3 Å². The third-order valence-electron chi connectivity index (χ3n) is 2.32. The highest BCUT2D eigenvalue weighted by molar-refractivity contribution is 5.26. The van der Waals surface area contributed by atoms with Gasteiger partial charge in [0.05, 0.1) is 11.6 Å². The maximum Gasteiger partial charge on any atom is 0.173 e. The number of aromatic hydroxyl groups is 1. The second-order valence-corrected chi connectivity index (χ2v) is 3.54. The van der Waals surface area contributed by atoms with Crippen molar-refractivity contribution >= 4 is 0 Å². The Kier molecular flexibility index (Phi) is 2.84. The summed E-state index contributed by atoms with van der Waals surface area (Å²) in [4.78, 5) is 0. The van der Waals surface area contributed by atoms with E-state index < -0.39 is 0 Å². The molecular weight excluding hydrogens is 201 g/mol. The number of phenols is 1. The molecule has 1 N–H and O–H groups in total. The van der Waals surface area contributed by atoms with Crippen molar-refractivity contribution in [2.24, 2.45) is 0 Å². The zero-order chi connectivity index (χ0) is 11.4. The Morgan fingerprint density at radius 1 is 1.06 bits per heavy atom. The largest absolute Gasteiger partial charge is 0.508 e. The van der Waals surface area contributed by atoms with Gasteiger partial charge in [0.2, 0.25) is 0 Å². The van der Waals surface area contributed by atoms with Gasteiger partial charge in [-0.2, -0.15) is 5.26 Å². The van der Waals surface area contributed by atoms with E-state index in [1.165, 1.54) is 0 Å². The Morgan fingerprint density at radius 2 is 1.69 bits per heavy atom. The summed E-state index contributed by atoms with van der Waals surface area (Å²) in [7, 11) is 0. The van der Waals surface area contributed by atoms with Crippen LogP contribution in [-0.4, -0.2) is 5.11 Å². The lowest BCUT2D eigenvalue weighted by Gasteiger charge is -1.98. The van der Waals surface area contributed by atoms with Gasteiger partial charge in [-0.3, -0.25) is 0 Å². The first-order chi connectivity index (χ1) is 7.78. The van der Waals surface area contributed by atoms with Crippen molar-refractivity contribution in [3.63, 3.8) is 0 Å². The number of benzene rings is 1. The summed E-state index contributed by atoms with van der Waals surface area (Å²) in [5, 5.41) is 17.8. The number of rotatable bonds is 2. The van der Waals surface area contributed by atoms with Crippen molar-refractivity contribution in [3.8, 4) is 11.8 Å². The van der Waals surface area contributed by atoms with Crippen LogP contribution < -0.4 is 4.57 Å². The molecule has 0 fully saturated rings. The average molecular weight is 212 g/mol. The standard InChI is InChI=1S/C13H10N2O/c14-9-11-5-7-15(8-6-11)10-12-1-3-13(16)4-2-12/h1-8H,10H2/p+1/i14+1. The maximum absolute atomic E-state index is 9.15. The molecule has 2 rings (SSSR count). The van der Waals surface area contributed by atoms with Crippen LogP contribution >= 0.6 is 0 Å². The predicted octanol–water partition coefficient (Wildman–Crippen LogP) is 1.60. The van der Waals surface area contributed by atoms with Crippen LogP contribution in [-0.2, 0) is 6.54 Å². The molecule has 78 valence electrons. The van der Waals surface area contributed by atoms with Gasteiger partial charge >= 0.3 is 0 Å². The number of hydrogen-bond donors (Lipinski definition) is 1. The Morgan fingerprint density at radius 3 is 2.25 bits per heavy atom. The molecule has 0 saturated carbocycles. The van der Waals surface area contributed by atoms with Crippen LogP contribution in [0.1, 0.15) is 11.1 Å². The summed E-state index contributed by atoms with van der Waals surface area (Å²) in [6.45, 7) is 0.728. The number of nitriles is 1. The minimum atomic E-state index is 0.272. The SMILES string of the molecule is [15N]#Cc1cc[n+](Cc2ccc(O)cc2)cc1. The van der Waals surface area contributed by atoms with E-state index in [1.807, 2.05) is 29.1 Å². The minimum absolute atomic E-state index is 0.272. The molecular formula is C13H11N2O+. The van der Waals surface area contributed by atoms with Crippen LogP contribution in [0.2, 0.25) is 0 Å². The summed E-state index contributed by atoms with van der Waals surface area (Å²) >= 11 is 0. The van der Waals surface area contributed by atoms with Gasteiger partial charge in [-0.25, -0.2) is 4.57 Å². The molecule has 0 bridgehead atoms. The van der Waals surface area contributed by atoms with E-state index in [1.54, 1.807) is 24.3 Å². The van der Waals surface area contributed by atoms with Gasteiger partial charge in [0.1, 0.15) is 5.75 Å². The lowest BCUT2D eigenvalue weighted by atomic mass is 10.2. The van der Waals surface area contributed by atoms with E-state index in [4.69, 9.17) is 10.4 Å². The first-order valence-electron chi connectivity index (χ1n) is 4.95. The quantitative estimate of drug-likeness (QED) is 0.607. The molecule has 3 nitrogen and oxygen atoms in total. The molecule has 0 radical (unpaired) electrons. The maximum atomic E-state index is 9.15. The van der Waals surface area contributed by atoms with Crippen LogP contribution in [0.15, 0.2) is 48.8 Å². The first-order valence-corrected chi connectivity index (χ1v) is 4.95. The highest BCUT2D eigenvalue weighted by Crippen LogP contribution is 2.09. The summed E-state index contributed by atoms with van der Waals surface area (Å²) in [5.41, 5.74) is 1.76. The number of nitrogens with zero attached hydrogens (tertiary/aromatic N) is 2. The molecule has 0 aliphatic carbocycles. The molecule has 1 aromatic carbocycles. The Bertz CT molecular complexity index is 509. The van der Waals surface area contributed by atoms with Gasteiger partial charge < -0.3 is 5.11 Å². The summed E-state index contributed by atoms with van der Waals surface area (Å²) in [5.74, 6) is 0.272. The lowest BCUT2D eigenvalue weighted by molar-refractivity contribution is -0.688. The third kappa shape index (κ3) is 2.37. The minimum Gasteiger partial charge on any atom is -0.508 e. The molecule has 0 unspecified atom stereocenters. The molecule has 2 aromatic rings. The molecule has 0 spiro atoms. The normalized spacial score (nSPS) is 9.69. The molecule has 1 heterocycles. The molecule has 0 aliphatic rings. The Balaban J connectivity index is 2.15. The molecule has 0 aliphatic heterocycles. The van der Waals surface area contributed by atoms with Crippen molar-refractivity contribution in [3.05, 3.63) is 59.9 Å². The molecule has 16 heavy (non-hydrogen) atoms. The van der Waals surface area contributed by atoms with Crippen molar-refractivity contribution in [1.82, 2.24) is 0 Å². The van der Waals surface area contributed by atoms with Crippen LogP contribution in [0.5, 0.6) is 5.75 Å². The van der Waals surface area contributed by atoms with Crippen molar-refractivity contribution in [1.29, 1.82) is 5.26 Å². The van der Waals surface area contributed by atoms with Gasteiger partial charge in [0.15, 0.2) is 18.9 Å². The predicted molar refractivity (Wildman–Crippen MR) is 58.6 cm³/mol. The van der Waals surface area contributed by atoms with E-state index >= 15 is 0 Å². The number of aromatic nitrogens is 1. The molecule has 0 atom stereocenters. The number of pyridine rings is 1. The highest BCUT2D eigenvalue weighted by atomic mass is 16.3. The smallest absolute Gasteiger partial charge is 0.173 e. The fourth-order valence-electron chi connectivity index (χ4n) is 1.45. The Labute approximate surface area is 93.8 Å². The highest BCUT2D eigenvalue weighted by Gasteiger charge is 2.02. The van der Waals surface area contributed by atoms with Crippen molar-refractivity contribution < 1.29 is 9.67 Å². The van der Waals surface area contributed by atoms with E-state index in [-0.39, 0.29) is 5.75 Å². The zero-order valence-electron chi connectivity index (χ0n) is 8.67. The topological polar surface area (TPSA) is 47.9 Å². The van der Waals surface area contributed by atoms with E-state index in [2.05, 4.69) is 6.07 Å². The van der Waals surface area contributed by atoms with Gasteiger partial charge in [-0.1, -0.05) is 0 Å². The summed E-state index contributed by atoms with van der Waals surface area (Å²) in [6.07, 6.45) is 3.73. The van der Waals surface area contributed by atoms with Gasteiger partial charge in [-0.05, 0) is 24.3 Å². The monoisotopic (exact) mass is 212 g/mol. The van der Waals surface area contributed by atoms with Crippen molar-refractivity contribution in [2.75, 3.05) is 0 Å². The fraction of sp³-hybridized carbons (Fsp3) is 0.0769. The van der Waals surface area contributed by atoms with E-state index in [0.717, 1.165) is 12.1 Å². The lowest BCUT2D eigenvalue weighted by Crippen LogP contribution is -2.33. The summed E-state index contributed by atoms with van der Waals surface area (Å²) in [6, 6.07) is 12.7. The second kappa shape index (κ2) is 4.45. The molecule has 1 aromatic heterocycles. The van der Waals surface area contributed by atoms with Gasteiger partial charge in [0.25, 0.3) is 0 Å². The second-order valence-electron chi connectivity index (χ2n) is 3.54. The van der Waals surface area contributed by atoms with Crippen LogP contribution in [0.25, 0.3) is 0 Å². The first kappa shape index (κ1) is 10.2. The number of phenolic OH excluding ortho intramolecular Hbond substituents is 1.